The third-order valence-electron chi connectivity index (χ3n) is 3.06. The molecule has 0 aliphatic carbocycles. The molecule has 0 amide bonds. The third kappa shape index (κ3) is 5.30. The molecular formula is C15H23NO2. The largest absolute Gasteiger partial charge is 0.465 e. The van der Waals surface area contributed by atoms with Gasteiger partial charge in [-0.2, -0.15) is 0 Å². The van der Waals surface area contributed by atoms with Gasteiger partial charge in [-0.15, -0.1) is 0 Å². The summed E-state index contributed by atoms with van der Waals surface area (Å²) in [6, 6.07) is 5.77. The minimum absolute atomic E-state index is 0.0538. The van der Waals surface area contributed by atoms with Crippen LogP contribution in [0.25, 0.3) is 0 Å². The molecule has 0 spiro atoms. The van der Waals surface area contributed by atoms with Crippen LogP contribution < -0.4 is 0 Å². The van der Waals surface area contributed by atoms with Crippen LogP contribution in [0.15, 0.2) is 24.4 Å². The Labute approximate surface area is 110 Å². The predicted molar refractivity (Wildman–Crippen MR) is 72.2 cm³/mol. The second kappa shape index (κ2) is 8.67. The molecule has 3 nitrogen and oxygen atoms in total. The van der Waals surface area contributed by atoms with Crippen LogP contribution in [0.2, 0.25) is 0 Å². The lowest BCUT2D eigenvalue weighted by Crippen LogP contribution is -2.18. The lowest BCUT2D eigenvalue weighted by atomic mass is 10.00. The van der Waals surface area contributed by atoms with Crippen molar-refractivity contribution in [2.75, 3.05) is 6.61 Å². The van der Waals surface area contributed by atoms with Crippen molar-refractivity contribution in [1.82, 2.24) is 4.98 Å². The number of nitrogens with zero attached hydrogens (tertiary/aromatic N) is 1. The summed E-state index contributed by atoms with van der Waals surface area (Å²) in [6.45, 7) is 4.61. The monoisotopic (exact) mass is 249 g/mol. The fourth-order valence-corrected chi connectivity index (χ4v) is 1.86. The van der Waals surface area contributed by atoms with Gasteiger partial charge >= 0.3 is 5.97 Å². The zero-order valence-corrected chi connectivity index (χ0v) is 11.4. The highest BCUT2D eigenvalue weighted by atomic mass is 16.5. The third-order valence-corrected chi connectivity index (χ3v) is 3.06. The Morgan fingerprint density at radius 1 is 1.39 bits per heavy atom. The molecule has 0 aliphatic rings. The van der Waals surface area contributed by atoms with Crippen LogP contribution >= 0.6 is 0 Å². The number of pyridine rings is 1. The van der Waals surface area contributed by atoms with Gasteiger partial charge in [0.25, 0.3) is 0 Å². The Morgan fingerprint density at radius 2 is 2.22 bits per heavy atom. The summed E-state index contributed by atoms with van der Waals surface area (Å²) in [5.74, 6) is 0.00978. The molecule has 0 aromatic carbocycles. The highest BCUT2D eigenvalue weighted by Gasteiger charge is 2.16. The van der Waals surface area contributed by atoms with E-state index in [1.54, 1.807) is 6.20 Å². The van der Waals surface area contributed by atoms with Crippen molar-refractivity contribution in [3.63, 3.8) is 0 Å². The molecule has 100 valence electrons. The lowest BCUT2D eigenvalue weighted by molar-refractivity contribution is -0.148. The summed E-state index contributed by atoms with van der Waals surface area (Å²) in [5, 5.41) is 0. The van der Waals surface area contributed by atoms with E-state index in [1.807, 2.05) is 25.1 Å². The number of unbranched alkanes of at least 4 members (excludes halogenated alkanes) is 1. The Kier molecular flexibility index (Phi) is 7.07. The number of ether oxygens (including phenoxy) is 1. The zero-order valence-electron chi connectivity index (χ0n) is 11.4. The number of hydrogen-bond acceptors (Lipinski definition) is 3. The minimum Gasteiger partial charge on any atom is -0.465 e. The smallest absolute Gasteiger partial charge is 0.308 e. The lowest BCUT2D eigenvalue weighted by Gasteiger charge is -2.13. The van der Waals surface area contributed by atoms with E-state index in [2.05, 4.69) is 11.9 Å². The van der Waals surface area contributed by atoms with Gasteiger partial charge in [-0.25, -0.2) is 0 Å². The van der Waals surface area contributed by atoms with E-state index >= 15 is 0 Å². The van der Waals surface area contributed by atoms with E-state index in [9.17, 15) is 4.79 Å². The Bertz CT molecular complexity index is 338. The van der Waals surface area contributed by atoms with Crippen molar-refractivity contribution in [3.05, 3.63) is 30.1 Å². The van der Waals surface area contributed by atoms with Gasteiger partial charge in [0, 0.05) is 18.3 Å². The summed E-state index contributed by atoms with van der Waals surface area (Å²) in [7, 11) is 0. The number of aromatic nitrogens is 1. The summed E-state index contributed by atoms with van der Waals surface area (Å²) < 4.78 is 5.32. The van der Waals surface area contributed by atoms with Gasteiger partial charge in [0.2, 0.25) is 0 Å². The van der Waals surface area contributed by atoms with Gasteiger partial charge in [-0.05, 0) is 25.0 Å². The molecule has 3 heteroatoms. The van der Waals surface area contributed by atoms with E-state index in [4.69, 9.17) is 4.74 Å². The molecule has 1 aromatic rings. The van der Waals surface area contributed by atoms with E-state index < -0.39 is 0 Å². The van der Waals surface area contributed by atoms with E-state index in [0.717, 1.165) is 31.4 Å². The van der Waals surface area contributed by atoms with Gasteiger partial charge in [0.1, 0.15) is 0 Å². The van der Waals surface area contributed by atoms with Crippen molar-refractivity contribution in [2.45, 2.75) is 46.0 Å². The number of esters is 1. The predicted octanol–water partition coefficient (Wildman–Crippen LogP) is 3.38. The fourth-order valence-electron chi connectivity index (χ4n) is 1.86. The maximum Gasteiger partial charge on any atom is 0.308 e. The Balaban J connectivity index is 2.27. The second-order valence-electron chi connectivity index (χ2n) is 4.49. The molecule has 0 fully saturated rings. The van der Waals surface area contributed by atoms with Gasteiger partial charge in [-0.3, -0.25) is 9.78 Å². The molecule has 1 atom stereocenters. The van der Waals surface area contributed by atoms with Gasteiger partial charge in [0.15, 0.2) is 0 Å². The first kappa shape index (κ1) is 14.7. The van der Waals surface area contributed by atoms with Crippen LogP contribution in [0.4, 0.5) is 0 Å². The van der Waals surface area contributed by atoms with Gasteiger partial charge < -0.3 is 4.74 Å². The molecule has 0 aliphatic heterocycles. The van der Waals surface area contributed by atoms with Crippen LogP contribution in [-0.4, -0.2) is 17.6 Å². The minimum atomic E-state index is -0.0538. The molecule has 0 bridgehead atoms. The molecule has 0 N–H and O–H groups in total. The van der Waals surface area contributed by atoms with E-state index in [-0.39, 0.29) is 11.9 Å². The molecule has 1 aromatic heterocycles. The zero-order chi connectivity index (χ0) is 13.2. The van der Waals surface area contributed by atoms with Crippen LogP contribution in [-0.2, 0) is 16.0 Å². The topological polar surface area (TPSA) is 39.2 Å². The number of carbonyl (C=O) groups is 1. The Morgan fingerprint density at radius 3 is 2.83 bits per heavy atom. The summed E-state index contributed by atoms with van der Waals surface area (Å²) in [6.07, 6.45) is 6.47. The van der Waals surface area contributed by atoms with Crippen molar-refractivity contribution in [1.29, 1.82) is 0 Å². The Hall–Kier alpha value is -1.38. The maximum atomic E-state index is 11.8. The quantitative estimate of drug-likeness (QED) is 0.663. The summed E-state index contributed by atoms with van der Waals surface area (Å²) in [4.78, 5) is 16.0. The van der Waals surface area contributed by atoms with Crippen LogP contribution in [0, 0.1) is 5.92 Å². The average Bonchev–Trinajstić information content (AvgIpc) is 2.41. The summed E-state index contributed by atoms with van der Waals surface area (Å²) >= 11 is 0. The van der Waals surface area contributed by atoms with E-state index in [1.165, 1.54) is 0 Å². The fraction of sp³-hybridized carbons (Fsp3) is 0.600. The molecule has 0 radical (unpaired) electrons. The molecule has 1 heterocycles. The SMILES string of the molecule is CCCCC(CC)C(=O)OCCc1ccccn1. The van der Waals surface area contributed by atoms with Crippen molar-refractivity contribution >= 4 is 5.97 Å². The van der Waals surface area contributed by atoms with Crippen molar-refractivity contribution in [3.8, 4) is 0 Å². The van der Waals surface area contributed by atoms with Crippen LogP contribution in [0.3, 0.4) is 0 Å². The van der Waals surface area contributed by atoms with E-state index in [0.29, 0.717) is 13.0 Å². The van der Waals surface area contributed by atoms with Gasteiger partial charge in [-0.1, -0.05) is 32.8 Å². The highest BCUT2D eigenvalue weighted by Crippen LogP contribution is 2.14. The molecular weight excluding hydrogens is 226 g/mol. The van der Waals surface area contributed by atoms with Crippen molar-refractivity contribution < 1.29 is 9.53 Å². The molecule has 0 saturated heterocycles. The average molecular weight is 249 g/mol. The van der Waals surface area contributed by atoms with Gasteiger partial charge in [0.05, 0.1) is 12.5 Å². The highest BCUT2D eigenvalue weighted by molar-refractivity contribution is 5.72. The first-order valence-electron chi connectivity index (χ1n) is 6.84. The normalized spacial score (nSPS) is 12.1. The number of carbonyl (C=O) groups excluding carboxylic acids is 1. The molecule has 18 heavy (non-hydrogen) atoms. The standard InChI is InChI=1S/C15H23NO2/c1-3-5-8-13(4-2)15(17)18-12-10-14-9-6-7-11-16-14/h6-7,9,11,13H,3-5,8,10,12H2,1-2H3. The molecule has 0 saturated carbocycles. The summed E-state index contributed by atoms with van der Waals surface area (Å²) in [5.41, 5.74) is 0.965. The first-order valence-corrected chi connectivity index (χ1v) is 6.84. The number of hydrogen-bond donors (Lipinski definition) is 0. The maximum absolute atomic E-state index is 11.8. The van der Waals surface area contributed by atoms with Crippen LogP contribution in [0.1, 0.15) is 45.2 Å². The van der Waals surface area contributed by atoms with Crippen molar-refractivity contribution in [2.24, 2.45) is 5.92 Å². The van der Waals surface area contributed by atoms with Crippen LogP contribution in [0.5, 0.6) is 0 Å². The first-order chi connectivity index (χ1) is 8.77. The molecule has 1 unspecified atom stereocenters. The molecule has 1 rings (SSSR count). The second-order valence-corrected chi connectivity index (χ2v) is 4.49. The number of rotatable bonds is 8.